The Balaban J connectivity index is 1.88. The fourth-order valence-corrected chi connectivity index (χ4v) is 5.23. The highest BCUT2D eigenvalue weighted by Crippen LogP contribution is 2.43. The molecule has 0 bridgehead atoms. The minimum absolute atomic E-state index is 0.156. The van der Waals surface area contributed by atoms with Gasteiger partial charge in [0, 0.05) is 11.1 Å². The number of carbonyl (C=O) groups is 2. The number of nitrogens with zero attached hydrogens (tertiary/aromatic N) is 2. The molecule has 0 aromatic heterocycles. The summed E-state index contributed by atoms with van der Waals surface area (Å²) in [6.07, 6.45) is -0.0762. The van der Waals surface area contributed by atoms with Crippen LogP contribution in [0.4, 0.5) is 4.79 Å². The first-order valence-electron chi connectivity index (χ1n) is 12.8. The maximum absolute atomic E-state index is 14.1. The number of benzene rings is 3. The predicted octanol–water partition coefficient (Wildman–Crippen LogP) is 7.35. The molecule has 3 aromatic carbocycles. The Morgan fingerprint density at radius 1 is 1.00 bits per heavy atom. The Hall–Kier alpha value is -3.15. The minimum Gasteiger partial charge on any atom is -0.443 e. The van der Waals surface area contributed by atoms with E-state index in [1.54, 1.807) is 0 Å². The summed E-state index contributed by atoms with van der Waals surface area (Å²) in [6.45, 7) is 9.55. The molecule has 37 heavy (non-hydrogen) atoms. The summed E-state index contributed by atoms with van der Waals surface area (Å²) in [5, 5.41) is 0.669. The van der Waals surface area contributed by atoms with Crippen molar-refractivity contribution in [3.05, 3.63) is 106 Å². The molecule has 1 aliphatic rings. The van der Waals surface area contributed by atoms with Gasteiger partial charge >= 0.3 is 6.09 Å². The van der Waals surface area contributed by atoms with Crippen LogP contribution >= 0.6 is 11.6 Å². The van der Waals surface area contributed by atoms with Gasteiger partial charge in [0.2, 0.25) is 0 Å². The Labute approximate surface area is 225 Å². The summed E-state index contributed by atoms with van der Waals surface area (Å²) in [7, 11) is 0. The van der Waals surface area contributed by atoms with Crippen molar-refractivity contribution in [2.45, 2.75) is 71.3 Å². The number of hydrogen-bond donors (Lipinski definition) is 0. The van der Waals surface area contributed by atoms with Crippen molar-refractivity contribution < 1.29 is 14.3 Å². The largest absolute Gasteiger partial charge is 0.443 e. The second kappa shape index (κ2) is 11.1. The number of amides is 2. The number of carbonyl (C=O) groups excluding carboxylic acids is 2. The van der Waals surface area contributed by atoms with E-state index in [4.69, 9.17) is 16.3 Å². The van der Waals surface area contributed by atoms with E-state index in [1.165, 1.54) is 4.90 Å². The van der Waals surface area contributed by atoms with Crippen molar-refractivity contribution in [1.82, 2.24) is 9.80 Å². The number of aryl methyl sites for hydroxylation is 1. The lowest BCUT2D eigenvalue weighted by atomic mass is 9.99. The van der Waals surface area contributed by atoms with Crippen molar-refractivity contribution in [1.29, 1.82) is 0 Å². The standard InChI is InChI=1S/C31H35ClN2O3/c1-6-23-20-25(17-18-26(23)32)28-33(21(2)24-15-11-8-12-16-24)27(19-22-13-9-7-10-14-22)29(35)34(28)30(36)37-31(3,4)5/h7-18,20-21,27-28H,6,19H2,1-5H3/t21-,27+,28-/m1/s1. The Kier molecular flexibility index (Phi) is 8.05. The molecule has 2 amide bonds. The predicted molar refractivity (Wildman–Crippen MR) is 147 cm³/mol. The zero-order chi connectivity index (χ0) is 26.7. The van der Waals surface area contributed by atoms with Gasteiger partial charge in [0.25, 0.3) is 5.91 Å². The fourth-order valence-electron chi connectivity index (χ4n) is 4.98. The first-order valence-corrected chi connectivity index (χ1v) is 13.2. The van der Waals surface area contributed by atoms with Crippen molar-refractivity contribution in [2.24, 2.45) is 0 Å². The van der Waals surface area contributed by atoms with E-state index in [9.17, 15) is 9.59 Å². The zero-order valence-electron chi connectivity index (χ0n) is 22.1. The van der Waals surface area contributed by atoms with E-state index in [1.807, 2.05) is 94.4 Å². The second-order valence-corrected chi connectivity index (χ2v) is 10.9. The molecule has 0 radical (unpaired) electrons. The molecule has 1 heterocycles. The van der Waals surface area contributed by atoms with Crippen LogP contribution in [-0.4, -0.2) is 33.4 Å². The molecule has 3 aromatic rings. The molecule has 0 aliphatic carbocycles. The van der Waals surface area contributed by atoms with Gasteiger partial charge in [-0.2, -0.15) is 0 Å². The molecule has 0 unspecified atom stereocenters. The van der Waals surface area contributed by atoms with Gasteiger partial charge in [0.1, 0.15) is 11.8 Å². The van der Waals surface area contributed by atoms with Gasteiger partial charge in [0.05, 0.1) is 6.04 Å². The summed E-state index contributed by atoms with van der Waals surface area (Å²) in [5.74, 6) is -0.265. The lowest BCUT2D eigenvalue weighted by molar-refractivity contribution is -0.129. The van der Waals surface area contributed by atoms with Gasteiger partial charge in [-0.1, -0.05) is 91.3 Å². The third-order valence-corrected chi connectivity index (χ3v) is 7.12. The highest BCUT2D eigenvalue weighted by Gasteiger charge is 2.52. The average Bonchev–Trinajstić information content (AvgIpc) is 3.16. The SMILES string of the molecule is CCc1cc([C@H]2N(C(=O)OC(C)(C)C)C(=O)[C@H](Cc3ccccc3)N2[C@H](C)c2ccccc2)ccc1Cl. The van der Waals surface area contributed by atoms with Gasteiger partial charge < -0.3 is 4.74 Å². The Morgan fingerprint density at radius 2 is 1.62 bits per heavy atom. The van der Waals surface area contributed by atoms with E-state index < -0.39 is 23.9 Å². The van der Waals surface area contributed by atoms with Crippen molar-refractivity contribution in [2.75, 3.05) is 0 Å². The minimum atomic E-state index is -0.746. The third-order valence-electron chi connectivity index (χ3n) is 6.75. The molecule has 1 aliphatic heterocycles. The van der Waals surface area contributed by atoms with Gasteiger partial charge in [0.15, 0.2) is 0 Å². The van der Waals surface area contributed by atoms with Crippen molar-refractivity contribution in [3.63, 3.8) is 0 Å². The van der Waals surface area contributed by atoms with Crippen LogP contribution in [0, 0.1) is 0 Å². The molecular weight excluding hydrogens is 484 g/mol. The summed E-state index contributed by atoms with van der Waals surface area (Å²) in [5.41, 5.74) is 3.15. The van der Waals surface area contributed by atoms with Crippen LogP contribution in [0.1, 0.15) is 69.1 Å². The molecule has 4 rings (SSSR count). The van der Waals surface area contributed by atoms with Gasteiger partial charge in [-0.25, -0.2) is 9.69 Å². The lowest BCUT2D eigenvalue weighted by Crippen LogP contribution is -2.41. The van der Waals surface area contributed by atoms with E-state index in [0.29, 0.717) is 11.4 Å². The first kappa shape index (κ1) is 26.9. The number of halogens is 1. The normalized spacial score (nSPS) is 19.2. The van der Waals surface area contributed by atoms with Crippen LogP contribution in [0.5, 0.6) is 0 Å². The average molecular weight is 519 g/mol. The van der Waals surface area contributed by atoms with Crippen LogP contribution in [0.15, 0.2) is 78.9 Å². The number of hydrogen-bond acceptors (Lipinski definition) is 4. The van der Waals surface area contributed by atoms with E-state index in [2.05, 4.69) is 24.0 Å². The monoisotopic (exact) mass is 518 g/mol. The van der Waals surface area contributed by atoms with E-state index in [-0.39, 0.29) is 11.9 Å². The number of imide groups is 1. The van der Waals surface area contributed by atoms with Crippen molar-refractivity contribution in [3.8, 4) is 0 Å². The van der Waals surface area contributed by atoms with Crippen LogP contribution in [-0.2, 0) is 22.4 Å². The maximum atomic E-state index is 14.1. The van der Waals surface area contributed by atoms with E-state index >= 15 is 0 Å². The summed E-state index contributed by atoms with van der Waals surface area (Å²) < 4.78 is 5.77. The number of rotatable bonds is 6. The fraction of sp³-hybridized carbons (Fsp3) is 0.355. The smallest absolute Gasteiger partial charge is 0.418 e. The van der Waals surface area contributed by atoms with Gasteiger partial charge in [-0.3, -0.25) is 9.69 Å². The topological polar surface area (TPSA) is 49.9 Å². The molecule has 1 fully saturated rings. The third kappa shape index (κ3) is 5.89. The number of ether oxygens (including phenoxy) is 1. The maximum Gasteiger partial charge on any atom is 0.418 e. The molecule has 6 heteroatoms. The molecule has 194 valence electrons. The highest BCUT2D eigenvalue weighted by atomic mass is 35.5. The summed E-state index contributed by atoms with van der Waals surface area (Å²) in [6, 6.07) is 25.1. The van der Waals surface area contributed by atoms with Crippen LogP contribution in [0.2, 0.25) is 5.02 Å². The van der Waals surface area contributed by atoms with Crippen molar-refractivity contribution >= 4 is 23.6 Å². The molecule has 1 saturated heterocycles. The zero-order valence-corrected chi connectivity index (χ0v) is 22.9. The van der Waals surface area contributed by atoms with Crippen LogP contribution in [0.3, 0.4) is 0 Å². The van der Waals surface area contributed by atoms with E-state index in [0.717, 1.165) is 28.7 Å². The van der Waals surface area contributed by atoms with Crippen LogP contribution in [0.25, 0.3) is 0 Å². The highest BCUT2D eigenvalue weighted by molar-refractivity contribution is 6.31. The molecule has 0 N–H and O–H groups in total. The molecule has 3 atom stereocenters. The summed E-state index contributed by atoms with van der Waals surface area (Å²) in [4.78, 5) is 31.2. The quantitative estimate of drug-likeness (QED) is 0.342. The Morgan fingerprint density at radius 3 is 2.22 bits per heavy atom. The second-order valence-electron chi connectivity index (χ2n) is 10.5. The van der Waals surface area contributed by atoms with Gasteiger partial charge in [-0.05, 0) is 68.9 Å². The molecular formula is C31H35ClN2O3. The van der Waals surface area contributed by atoms with Crippen LogP contribution < -0.4 is 0 Å². The lowest BCUT2D eigenvalue weighted by Gasteiger charge is -2.36. The molecule has 5 nitrogen and oxygen atoms in total. The van der Waals surface area contributed by atoms with Gasteiger partial charge in [-0.15, -0.1) is 0 Å². The first-order chi connectivity index (χ1) is 17.6. The summed E-state index contributed by atoms with van der Waals surface area (Å²) >= 11 is 6.46. The Bertz CT molecular complexity index is 1240. The molecule has 0 spiro atoms. The molecule has 0 saturated carbocycles.